The zero-order valence-corrected chi connectivity index (χ0v) is 15.4. The third-order valence-electron chi connectivity index (χ3n) is 4.38. The van der Waals surface area contributed by atoms with Crippen molar-refractivity contribution in [2.75, 3.05) is 5.32 Å². The van der Waals surface area contributed by atoms with Gasteiger partial charge in [0.1, 0.15) is 0 Å². The van der Waals surface area contributed by atoms with Crippen molar-refractivity contribution in [1.29, 1.82) is 0 Å². The standard InChI is InChI=1S/C18H29N3S/c1-12-8-7-9-15(13(12)2)20-16(22)19-14-10-17(3,4)21-18(5,6)11-14/h7-9,14,21H,10-11H2,1-6H3,(H2,19,20,22). The van der Waals surface area contributed by atoms with Crippen molar-refractivity contribution in [3.8, 4) is 0 Å². The Morgan fingerprint density at radius 1 is 1.14 bits per heavy atom. The topological polar surface area (TPSA) is 36.1 Å². The van der Waals surface area contributed by atoms with Crippen LogP contribution in [0.1, 0.15) is 51.7 Å². The van der Waals surface area contributed by atoms with Crippen LogP contribution in [0.2, 0.25) is 0 Å². The molecule has 0 spiro atoms. The van der Waals surface area contributed by atoms with Crippen molar-refractivity contribution in [2.45, 2.75) is 71.5 Å². The van der Waals surface area contributed by atoms with Crippen LogP contribution in [0.4, 0.5) is 5.69 Å². The Morgan fingerprint density at radius 3 is 2.32 bits per heavy atom. The van der Waals surface area contributed by atoms with Gasteiger partial charge in [0.05, 0.1) is 0 Å². The zero-order chi connectivity index (χ0) is 16.5. The molecule has 0 radical (unpaired) electrons. The summed E-state index contributed by atoms with van der Waals surface area (Å²) in [6, 6.07) is 6.64. The van der Waals surface area contributed by atoms with E-state index in [0.717, 1.165) is 18.5 Å². The predicted molar refractivity (Wildman–Crippen MR) is 99.6 cm³/mol. The average molecular weight is 320 g/mol. The maximum atomic E-state index is 5.53. The Labute approximate surface area is 140 Å². The molecule has 1 aliphatic rings. The van der Waals surface area contributed by atoms with Crippen LogP contribution in [0.3, 0.4) is 0 Å². The first-order valence-electron chi connectivity index (χ1n) is 8.01. The van der Waals surface area contributed by atoms with Gasteiger partial charge in [0.15, 0.2) is 5.11 Å². The van der Waals surface area contributed by atoms with Crippen molar-refractivity contribution in [3.63, 3.8) is 0 Å². The van der Waals surface area contributed by atoms with Crippen molar-refractivity contribution < 1.29 is 0 Å². The minimum Gasteiger partial charge on any atom is -0.360 e. The molecule has 1 aromatic rings. The van der Waals surface area contributed by atoms with Crippen LogP contribution in [-0.4, -0.2) is 22.2 Å². The second kappa shape index (κ2) is 6.17. The number of anilines is 1. The highest BCUT2D eigenvalue weighted by atomic mass is 32.1. The normalized spacial score (nSPS) is 20.5. The van der Waals surface area contributed by atoms with Crippen LogP contribution >= 0.6 is 12.2 Å². The van der Waals surface area contributed by atoms with E-state index in [1.807, 2.05) is 0 Å². The number of nitrogens with one attached hydrogen (secondary N) is 3. The zero-order valence-electron chi connectivity index (χ0n) is 14.6. The van der Waals surface area contributed by atoms with Crippen molar-refractivity contribution >= 4 is 23.0 Å². The summed E-state index contributed by atoms with van der Waals surface area (Å²) in [4.78, 5) is 0. The number of hydrogen-bond donors (Lipinski definition) is 3. The first kappa shape index (κ1) is 17.2. The van der Waals surface area contributed by atoms with Crippen LogP contribution in [0.5, 0.6) is 0 Å². The van der Waals surface area contributed by atoms with E-state index in [1.165, 1.54) is 11.1 Å². The molecule has 0 saturated carbocycles. The first-order valence-corrected chi connectivity index (χ1v) is 8.42. The van der Waals surface area contributed by atoms with E-state index in [9.17, 15) is 0 Å². The van der Waals surface area contributed by atoms with Gasteiger partial charge in [-0.25, -0.2) is 0 Å². The number of piperidine rings is 1. The van der Waals surface area contributed by atoms with E-state index in [0.29, 0.717) is 11.2 Å². The largest absolute Gasteiger partial charge is 0.360 e. The van der Waals surface area contributed by atoms with Crippen LogP contribution in [-0.2, 0) is 0 Å². The number of benzene rings is 1. The molecule has 1 fully saturated rings. The second-order valence-electron chi connectivity index (χ2n) is 7.84. The summed E-state index contributed by atoms with van der Waals surface area (Å²) >= 11 is 5.53. The lowest BCUT2D eigenvalue weighted by Gasteiger charge is -2.46. The Hall–Kier alpha value is -1.13. The fraction of sp³-hybridized carbons (Fsp3) is 0.611. The molecule has 22 heavy (non-hydrogen) atoms. The van der Waals surface area contributed by atoms with Crippen LogP contribution in [0.15, 0.2) is 18.2 Å². The van der Waals surface area contributed by atoms with Gasteiger partial charge in [-0.1, -0.05) is 12.1 Å². The van der Waals surface area contributed by atoms with Gasteiger partial charge < -0.3 is 16.0 Å². The van der Waals surface area contributed by atoms with Gasteiger partial charge in [0.2, 0.25) is 0 Å². The molecule has 3 N–H and O–H groups in total. The summed E-state index contributed by atoms with van der Waals surface area (Å²) in [6.45, 7) is 13.3. The molecule has 0 atom stereocenters. The molecule has 2 rings (SSSR count). The Bertz CT molecular complexity index is 547. The van der Waals surface area contributed by atoms with E-state index in [4.69, 9.17) is 12.2 Å². The molecule has 122 valence electrons. The average Bonchev–Trinajstić information content (AvgIpc) is 2.30. The summed E-state index contributed by atoms with van der Waals surface area (Å²) in [6.07, 6.45) is 2.12. The van der Waals surface area contributed by atoms with E-state index < -0.39 is 0 Å². The van der Waals surface area contributed by atoms with Gasteiger partial charge in [-0.05, 0) is 83.8 Å². The Kier molecular flexibility index (Phi) is 4.83. The molecule has 3 nitrogen and oxygen atoms in total. The molecular formula is C18H29N3S. The summed E-state index contributed by atoms with van der Waals surface area (Å²) < 4.78 is 0. The van der Waals surface area contributed by atoms with Gasteiger partial charge in [-0.3, -0.25) is 0 Å². The number of hydrogen-bond acceptors (Lipinski definition) is 2. The van der Waals surface area contributed by atoms with Gasteiger partial charge in [0.25, 0.3) is 0 Å². The molecule has 4 heteroatoms. The first-order chi connectivity index (χ1) is 10.1. The fourth-order valence-corrected chi connectivity index (χ4v) is 3.93. The molecule has 0 aliphatic carbocycles. The minimum absolute atomic E-state index is 0.119. The SMILES string of the molecule is Cc1cccc(NC(=S)NC2CC(C)(C)NC(C)(C)C2)c1C. The lowest BCUT2D eigenvalue weighted by Crippen LogP contribution is -2.62. The van der Waals surface area contributed by atoms with Gasteiger partial charge in [-0.2, -0.15) is 0 Å². The molecule has 1 aliphatic heterocycles. The Morgan fingerprint density at radius 2 is 1.73 bits per heavy atom. The lowest BCUT2D eigenvalue weighted by molar-refractivity contribution is 0.156. The van der Waals surface area contributed by atoms with Crippen LogP contribution in [0.25, 0.3) is 0 Å². The fourth-order valence-electron chi connectivity index (χ4n) is 3.65. The van der Waals surface area contributed by atoms with E-state index in [2.05, 4.69) is 75.7 Å². The third-order valence-corrected chi connectivity index (χ3v) is 4.60. The van der Waals surface area contributed by atoms with E-state index >= 15 is 0 Å². The summed E-state index contributed by atoms with van der Waals surface area (Å²) in [5.74, 6) is 0. The summed E-state index contributed by atoms with van der Waals surface area (Å²) in [5, 5.41) is 11.3. The molecule has 1 aromatic carbocycles. The summed E-state index contributed by atoms with van der Waals surface area (Å²) in [5.41, 5.74) is 3.85. The molecule has 0 bridgehead atoms. The van der Waals surface area contributed by atoms with Crippen molar-refractivity contribution in [1.82, 2.24) is 10.6 Å². The summed E-state index contributed by atoms with van der Waals surface area (Å²) in [7, 11) is 0. The number of aryl methyl sites for hydroxylation is 1. The molecule has 1 heterocycles. The highest BCUT2D eigenvalue weighted by molar-refractivity contribution is 7.80. The highest BCUT2D eigenvalue weighted by Crippen LogP contribution is 2.28. The molecule has 1 saturated heterocycles. The third kappa shape index (κ3) is 4.43. The van der Waals surface area contributed by atoms with E-state index in [1.54, 1.807) is 0 Å². The Balaban J connectivity index is 2.01. The smallest absolute Gasteiger partial charge is 0.171 e. The van der Waals surface area contributed by atoms with Gasteiger partial charge in [0, 0.05) is 22.8 Å². The minimum atomic E-state index is 0.119. The van der Waals surface area contributed by atoms with Gasteiger partial charge >= 0.3 is 0 Å². The number of thiocarbonyl (C=S) groups is 1. The van der Waals surface area contributed by atoms with Crippen LogP contribution < -0.4 is 16.0 Å². The predicted octanol–water partition coefficient (Wildman–Crippen LogP) is 3.90. The molecule has 0 unspecified atom stereocenters. The quantitative estimate of drug-likeness (QED) is 0.723. The maximum absolute atomic E-state index is 5.53. The highest BCUT2D eigenvalue weighted by Gasteiger charge is 2.37. The number of rotatable bonds is 2. The molecular weight excluding hydrogens is 290 g/mol. The van der Waals surface area contributed by atoms with Crippen molar-refractivity contribution in [2.24, 2.45) is 0 Å². The lowest BCUT2D eigenvalue weighted by atomic mass is 9.80. The molecule has 0 amide bonds. The maximum Gasteiger partial charge on any atom is 0.171 e. The van der Waals surface area contributed by atoms with E-state index in [-0.39, 0.29) is 11.1 Å². The molecule has 0 aromatic heterocycles. The van der Waals surface area contributed by atoms with Crippen molar-refractivity contribution in [3.05, 3.63) is 29.3 Å². The second-order valence-corrected chi connectivity index (χ2v) is 8.25. The van der Waals surface area contributed by atoms with Crippen LogP contribution in [0, 0.1) is 13.8 Å². The monoisotopic (exact) mass is 319 g/mol. The van der Waals surface area contributed by atoms with Gasteiger partial charge in [-0.15, -0.1) is 0 Å².